The molecule has 2 rings (SSSR count). The molecule has 0 N–H and O–H groups in total. The van der Waals surface area contributed by atoms with Crippen molar-refractivity contribution in [3.63, 3.8) is 0 Å². The zero-order valence-electron chi connectivity index (χ0n) is 14.1. The van der Waals surface area contributed by atoms with Gasteiger partial charge in [0.1, 0.15) is 18.3 Å². The molecule has 2 atom stereocenters. The molecule has 132 valence electrons. The molecule has 2 fully saturated rings. The lowest BCUT2D eigenvalue weighted by Gasteiger charge is -2.29. The molecule has 2 saturated carbocycles. The van der Waals surface area contributed by atoms with Gasteiger partial charge in [0.05, 0.1) is 6.10 Å². The largest absolute Gasteiger partial charge is 0.508 e. The summed E-state index contributed by atoms with van der Waals surface area (Å²) < 4.78 is 21.0. The second-order valence-electron chi connectivity index (χ2n) is 6.69. The molecule has 0 aliphatic heterocycles. The van der Waals surface area contributed by atoms with Gasteiger partial charge < -0.3 is 18.9 Å². The van der Waals surface area contributed by atoms with E-state index in [2.05, 4.69) is 0 Å². The van der Waals surface area contributed by atoms with E-state index in [1.807, 2.05) is 0 Å². The van der Waals surface area contributed by atoms with Crippen LogP contribution in [-0.4, -0.2) is 36.7 Å². The number of hydrogen-bond donors (Lipinski definition) is 0. The van der Waals surface area contributed by atoms with Gasteiger partial charge in [-0.1, -0.05) is 6.42 Å². The van der Waals surface area contributed by atoms with E-state index >= 15 is 0 Å². The summed E-state index contributed by atoms with van der Waals surface area (Å²) in [6.45, 7) is 3.55. The van der Waals surface area contributed by atoms with E-state index in [9.17, 15) is 9.59 Å². The first kappa shape index (κ1) is 17.9. The molecule has 2 aliphatic carbocycles. The number of hydrogen-bond acceptors (Lipinski definition) is 6. The minimum atomic E-state index is -0.657. The first-order valence-corrected chi connectivity index (χ1v) is 8.77. The number of ether oxygens (including phenoxy) is 4. The molecule has 23 heavy (non-hydrogen) atoms. The van der Waals surface area contributed by atoms with Gasteiger partial charge in [-0.25, -0.2) is 9.59 Å². The fourth-order valence-corrected chi connectivity index (χ4v) is 3.16. The lowest BCUT2D eigenvalue weighted by Crippen LogP contribution is -2.33. The maximum Gasteiger partial charge on any atom is 0.508 e. The topological polar surface area (TPSA) is 71.1 Å². The number of rotatable bonds is 4. The molecule has 0 bridgehead atoms. The van der Waals surface area contributed by atoms with Crippen molar-refractivity contribution in [2.24, 2.45) is 0 Å². The van der Waals surface area contributed by atoms with Gasteiger partial charge in [-0.05, 0) is 58.8 Å². The maximum absolute atomic E-state index is 11.9. The normalized spacial score (nSPS) is 25.7. The van der Waals surface area contributed by atoms with Crippen molar-refractivity contribution in [2.45, 2.75) is 96.1 Å². The van der Waals surface area contributed by atoms with Crippen LogP contribution in [0, 0.1) is 0 Å². The van der Waals surface area contributed by atoms with Crippen molar-refractivity contribution in [3.05, 3.63) is 0 Å². The van der Waals surface area contributed by atoms with Crippen molar-refractivity contribution in [1.82, 2.24) is 0 Å². The summed E-state index contributed by atoms with van der Waals surface area (Å²) in [6.07, 6.45) is 6.20. The van der Waals surface area contributed by atoms with Crippen LogP contribution in [0.3, 0.4) is 0 Å². The zero-order chi connectivity index (χ0) is 16.7. The van der Waals surface area contributed by atoms with Crippen LogP contribution in [-0.2, 0) is 18.9 Å². The van der Waals surface area contributed by atoms with Gasteiger partial charge in [0.2, 0.25) is 0 Å². The van der Waals surface area contributed by atoms with Crippen molar-refractivity contribution in [2.75, 3.05) is 0 Å². The first-order chi connectivity index (χ1) is 11.0. The fourth-order valence-electron chi connectivity index (χ4n) is 3.16. The Morgan fingerprint density at radius 2 is 1.26 bits per heavy atom. The van der Waals surface area contributed by atoms with Crippen molar-refractivity contribution in [1.29, 1.82) is 0 Å². The van der Waals surface area contributed by atoms with Gasteiger partial charge in [0.25, 0.3) is 0 Å². The van der Waals surface area contributed by atoms with Crippen LogP contribution in [0.1, 0.15) is 71.6 Å². The average molecular weight is 328 g/mol. The Labute approximate surface area is 137 Å². The second kappa shape index (κ2) is 8.99. The summed E-state index contributed by atoms with van der Waals surface area (Å²) in [5.41, 5.74) is 0. The third kappa shape index (κ3) is 6.67. The molecule has 2 unspecified atom stereocenters. The molecule has 0 aromatic rings. The van der Waals surface area contributed by atoms with Crippen molar-refractivity contribution in [3.8, 4) is 0 Å². The van der Waals surface area contributed by atoms with Gasteiger partial charge in [-0.3, -0.25) is 0 Å². The highest BCUT2D eigenvalue weighted by Gasteiger charge is 2.29. The van der Waals surface area contributed by atoms with Crippen LogP contribution in [0.5, 0.6) is 0 Å². The predicted molar refractivity (Wildman–Crippen MR) is 83.2 cm³/mol. The Balaban J connectivity index is 1.70. The molecule has 0 amide bonds. The summed E-state index contributed by atoms with van der Waals surface area (Å²) in [4.78, 5) is 23.4. The van der Waals surface area contributed by atoms with Gasteiger partial charge >= 0.3 is 12.3 Å². The standard InChI is InChI=1S/C17H28O6/c1-12(2)20-16(18)22-14-9-6-10-15(11-14)23-17(19)21-13-7-4-3-5-8-13/h12-15H,3-11H2,1-2H3. The SMILES string of the molecule is CC(C)OC(=O)OC1CCCC(OC(=O)OC2CCCCC2)C1. The third-order valence-electron chi connectivity index (χ3n) is 4.25. The molecule has 2 aliphatic rings. The molecular weight excluding hydrogens is 300 g/mol. The highest BCUT2D eigenvalue weighted by Crippen LogP contribution is 2.26. The second-order valence-corrected chi connectivity index (χ2v) is 6.69. The van der Waals surface area contributed by atoms with Crippen LogP contribution >= 0.6 is 0 Å². The number of carbonyl (C=O) groups excluding carboxylic acids is 2. The summed E-state index contributed by atoms with van der Waals surface area (Å²) in [6, 6.07) is 0. The van der Waals surface area contributed by atoms with Gasteiger partial charge in [-0.15, -0.1) is 0 Å². The Morgan fingerprint density at radius 1 is 0.739 bits per heavy atom. The van der Waals surface area contributed by atoms with E-state index in [0.29, 0.717) is 6.42 Å². The molecule has 0 saturated heterocycles. The van der Waals surface area contributed by atoms with E-state index in [4.69, 9.17) is 18.9 Å². The summed E-state index contributed by atoms with van der Waals surface area (Å²) in [5, 5.41) is 0. The van der Waals surface area contributed by atoms with Gasteiger partial charge in [-0.2, -0.15) is 0 Å². The van der Waals surface area contributed by atoms with E-state index in [-0.39, 0.29) is 24.4 Å². The fraction of sp³-hybridized carbons (Fsp3) is 0.882. The summed E-state index contributed by atoms with van der Waals surface area (Å²) in [7, 11) is 0. The molecule has 0 radical (unpaired) electrons. The molecule has 0 spiro atoms. The third-order valence-corrected chi connectivity index (χ3v) is 4.25. The van der Waals surface area contributed by atoms with E-state index in [0.717, 1.165) is 44.9 Å². The summed E-state index contributed by atoms with van der Waals surface area (Å²) >= 11 is 0. The van der Waals surface area contributed by atoms with Crippen LogP contribution < -0.4 is 0 Å². The molecule has 6 heteroatoms. The van der Waals surface area contributed by atoms with Crippen LogP contribution in [0.25, 0.3) is 0 Å². The van der Waals surface area contributed by atoms with Crippen molar-refractivity contribution >= 4 is 12.3 Å². The average Bonchev–Trinajstić information content (AvgIpc) is 2.47. The molecular formula is C17H28O6. The Bertz CT molecular complexity index is 389. The van der Waals surface area contributed by atoms with E-state index < -0.39 is 12.3 Å². The Morgan fingerprint density at radius 3 is 1.87 bits per heavy atom. The lowest BCUT2D eigenvalue weighted by molar-refractivity contribution is -0.0499. The van der Waals surface area contributed by atoms with Crippen molar-refractivity contribution < 1.29 is 28.5 Å². The Hall–Kier alpha value is -1.46. The molecule has 0 heterocycles. The van der Waals surface area contributed by atoms with Gasteiger partial charge in [0.15, 0.2) is 0 Å². The monoisotopic (exact) mass is 328 g/mol. The highest BCUT2D eigenvalue weighted by atomic mass is 16.7. The highest BCUT2D eigenvalue weighted by molar-refractivity contribution is 5.61. The van der Waals surface area contributed by atoms with Gasteiger partial charge in [0, 0.05) is 6.42 Å². The first-order valence-electron chi connectivity index (χ1n) is 8.77. The zero-order valence-corrected chi connectivity index (χ0v) is 14.1. The Kier molecular flexibility index (Phi) is 6.99. The van der Waals surface area contributed by atoms with E-state index in [1.165, 1.54) is 6.42 Å². The minimum Gasteiger partial charge on any atom is -0.432 e. The predicted octanol–water partition coefficient (Wildman–Crippen LogP) is 4.35. The number of carbonyl (C=O) groups is 2. The lowest BCUT2D eigenvalue weighted by atomic mass is 9.95. The molecule has 0 aromatic carbocycles. The maximum atomic E-state index is 11.9. The molecule has 6 nitrogen and oxygen atoms in total. The summed E-state index contributed by atoms with van der Waals surface area (Å²) in [5.74, 6) is 0. The van der Waals surface area contributed by atoms with Crippen LogP contribution in [0.15, 0.2) is 0 Å². The van der Waals surface area contributed by atoms with E-state index in [1.54, 1.807) is 13.8 Å². The van der Waals surface area contributed by atoms with Crippen LogP contribution in [0.4, 0.5) is 9.59 Å². The quantitative estimate of drug-likeness (QED) is 0.715. The van der Waals surface area contributed by atoms with Crippen LogP contribution in [0.2, 0.25) is 0 Å². The molecule has 0 aromatic heterocycles. The minimum absolute atomic E-state index is 0.00657. The smallest absolute Gasteiger partial charge is 0.432 e.